The van der Waals surface area contributed by atoms with Gasteiger partial charge in [0.1, 0.15) is 6.04 Å². The third kappa shape index (κ3) is 5.29. The number of esters is 1. The predicted octanol–water partition coefficient (Wildman–Crippen LogP) is 3.19. The third-order valence-electron chi connectivity index (χ3n) is 4.21. The maximum absolute atomic E-state index is 12.3. The Bertz CT molecular complexity index is 909. The van der Waals surface area contributed by atoms with E-state index in [0.29, 0.717) is 24.3 Å². The van der Waals surface area contributed by atoms with Crippen LogP contribution >= 0.6 is 15.9 Å². The van der Waals surface area contributed by atoms with E-state index < -0.39 is 12.0 Å². The van der Waals surface area contributed by atoms with Crippen LogP contribution < -0.4 is 10.6 Å². The van der Waals surface area contributed by atoms with Gasteiger partial charge in [0, 0.05) is 22.1 Å². The van der Waals surface area contributed by atoms with Crippen LogP contribution in [0, 0.1) is 0 Å². The van der Waals surface area contributed by atoms with Crippen molar-refractivity contribution in [2.45, 2.75) is 12.5 Å². The van der Waals surface area contributed by atoms with E-state index in [2.05, 4.69) is 26.6 Å². The van der Waals surface area contributed by atoms with Crippen LogP contribution in [0.5, 0.6) is 0 Å². The second kappa shape index (κ2) is 9.32. The van der Waals surface area contributed by atoms with Crippen molar-refractivity contribution in [2.75, 3.05) is 18.5 Å². The predicted molar refractivity (Wildman–Crippen MR) is 110 cm³/mol. The Kier molecular flexibility index (Phi) is 6.60. The summed E-state index contributed by atoms with van der Waals surface area (Å²) in [6, 6.07) is 13.9. The largest absolute Gasteiger partial charge is 0.464 e. The minimum absolute atomic E-state index is 0.0268. The van der Waals surface area contributed by atoms with E-state index in [0.717, 1.165) is 10.0 Å². The molecule has 2 aromatic rings. The highest BCUT2D eigenvalue weighted by atomic mass is 79.9. The number of ether oxygens (including phenoxy) is 1. The molecule has 1 amide bonds. The lowest BCUT2D eigenvalue weighted by Gasteiger charge is -2.10. The smallest absolute Gasteiger partial charge is 0.328 e. The summed E-state index contributed by atoms with van der Waals surface area (Å²) in [5.41, 5.74) is 2.17. The van der Waals surface area contributed by atoms with Gasteiger partial charge in [-0.3, -0.25) is 9.59 Å². The summed E-state index contributed by atoms with van der Waals surface area (Å²) in [6.07, 6.45) is 3.78. The number of anilines is 1. The number of allylic oxidation sites excluding steroid dienone is 1. The van der Waals surface area contributed by atoms with E-state index in [9.17, 15) is 14.4 Å². The monoisotopic (exact) mass is 442 g/mol. The Hall–Kier alpha value is -2.93. The minimum Gasteiger partial charge on any atom is -0.464 e. The van der Waals surface area contributed by atoms with Crippen molar-refractivity contribution in [1.29, 1.82) is 0 Å². The first kappa shape index (κ1) is 19.8. The van der Waals surface area contributed by atoms with E-state index in [1.54, 1.807) is 30.3 Å². The van der Waals surface area contributed by atoms with Gasteiger partial charge in [-0.15, -0.1) is 0 Å². The number of nitrogens with one attached hydrogen (secondary N) is 2. The number of hydrogen-bond acceptors (Lipinski definition) is 5. The molecule has 0 bridgehead atoms. The summed E-state index contributed by atoms with van der Waals surface area (Å²) in [5, 5.41) is 5.59. The van der Waals surface area contributed by atoms with Gasteiger partial charge < -0.3 is 15.4 Å². The molecule has 7 heteroatoms. The number of cyclic esters (lactones) is 1. The lowest BCUT2D eigenvalue weighted by molar-refractivity contribution is -0.141. The number of halogens is 1. The van der Waals surface area contributed by atoms with Crippen LogP contribution in [-0.4, -0.2) is 36.9 Å². The zero-order chi connectivity index (χ0) is 19.9. The average Bonchev–Trinajstić information content (AvgIpc) is 3.10. The molecule has 1 heterocycles. The topological polar surface area (TPSA) is 84.5 Å². The Morgan fingerprint density at radius 2 is 1.89 bits per heavy atom. The standard InChI is InChI=1S/C21H19BrN2O4/c22-17-4-2-1-3-14(17)7-10-19(25)15-5-8-16(9-6-15)23-13-20(26)24-18-11-12-28-21(18)27/h1-10,18,23H,11-13H2,(H,24,26)/b10-7+/t18-/m0/s1. The van der Waals surface area contributed by atoms with Gasteiger partial charge in [-0.2, -0.15) is 0 Å². The molecule has 2 aromatic carbocycles. The van der Waals surface area contributed by atoms with Crippen molar-refractivity contribution < 1.29 is 19.1 Å². The molecular formula is C21H19BrN2O4. The molecule has 3 rings (SSSR count). The average molecular weight is 443 g/mol. The molecular weight excluding hydrogens is 424 g/mol. The van der Waals surface area contributed by atoms with Crippen molar-refractivity contribution in [2.24, 2.45) is 0 Å². The first-order valence-corrected chi connectivity index (χ1v) is 9.59. The van der Waals surface area contributed by atoms with Crippen LogP contribution in [-0.2, 0) is 14.3 Å². The molecule has 1 fully saturated rings. The Labute approximate surface area is 171 Å². The molecule has 1 aliphatic heterocycles. The highest BCUT2D eigenvalue weighted by molar-refractivity contribution is 9.10. The second-order valence-corrected chi connectivity index (χ2v) is 7.08. The zero-order valence-electron chi connectivity index (χ0n) is 15.0. The van der Waals surface area contributed by atoms with Crippen molar-refractivity contribution in [3.63, 3.8) is 0 Å². The Balaban J connectivity index is 1.51. The lowest BCUT2D eigenvalue weighted by atomic mass is 10.1. The van der Waals surface area contributed by atoms with Crippen LogP contribution in [0.3, 0.4) is 0 Å². The van der Waals surface area contributed by atoms with Crippen LogP contribution in [0.25, 0.3) is 6.08 Å². The Morgan fingerprint density at radius 3 is 2.57 bits per heavy atom. The molecule has 2 N–H and O–H groups in total. The molecule has 144 valence electrons. The lowest BCUT2D eigenvalue weighted by Crippen LogP contribution is -2.40. The molecule has 1 aliphatic rings. The molecule has 0 unspecified atom stereocenters. The van der Waals surface area contributed by atoms with Gasteiger partial charge in [0.2, 0.25) is 5.91 Å². The maximum atomic E-state index is 12.3. The number of rotatable bonds is 7. The van der Waals surface area contributed by atoms with Gasteiger partial charge in [0.25, 0.3) is 0 Å². The second-order valence-electron chi connectivity index (χ2n) is 6.23. The zero-order valence-corrected chi connectivity index (χ0v) is 16.6. The van der Waals surface area contributed by atoms with Gasteiger partial charge in [-0.1, -0.05) is 34.1 Å². The van der Waals surface area contributed by atoms with Crippen LogP contribution in [0.2, 0.25) is 0 Å². The normalized spacial score (nSPS) is 16.0. The van der Waals surface area contributed by atoms with Crippen molar-refractivity contribution in [3.05, 3.63) is 70.2 Å². The first-order chi connectivity index (χ1) is 13.5. The molecule has 6 nitrogen and oxygen atoms in total. The highest BCUT2D eigenvalue weighted by Crippen LogP contribution is 2.18. The van der Waals surface area contributed by atoms with Crippen molar-refractivity contribution in [1.82, 2.24) is 5.32 Å². The number of hydrogen-bond donors (Lipinski definition) is 2. The van der Waals surface area contributed by atoms with Gasteiger partial charge >= 0.3 is 5.97 Å². The first-order valence-electron chi connectivity index (χ1n) is 8.80. The number of carbonyl (C=O) groups is 3. The minimum atomic E-state index is -0.564. The molecule has 0 aliphatic carbocycles. The summed E-state index contributed by atoms with van der Waals surface area (Å²) in [5.74, 6) is -0.799. The van der Waals surface area contributed by atoms with E-state index >= 15 is 0 Å². The summed E-state index contributed by atoms with van der Waals surface area (Å²) < 4.78 is 5.72. The van der Waals surface area contributed by atoms with Crippen LogP contribution in [0.15, 0.2) is 59.1 Å². The quantitative estimate of drug-likeness (QED) is 0.390. The van der Waals surface area contributed by atoms with E-state index in [4.69, 9.17) is 4.74 Å². The molecule has 0 saturated carbocycles. The van der Waals surface area contributed by atoms with E-state index in [1.807, 2.05) is 24.3 Å². The van der Waals surface area contributed by atoms with Crippen molar-refractivity contribution >= 4 is 45.4 Å². The fraction of sp³-hybridized carbons (Fsp3) is 0.190. The van der Waals surface area contributed by atoms with Crippen LogP contribution in [0.1, 0.15) is 22.3 Å². The molecule has 28 heavy (non-hydrogen) atoms. The number of ketones is 1. The summed E-state index contributed by atoms with van der Waals surface area (Å²) >= 11 is 3.44. The van der Waals surface area contributed by atoms with Gasteiger partial charge in [0.05, 0.1) is 13.2 Å². The number of amides is 1. The molecule has 0 spiro atoms. The number of benzene rings is 2. The van der Waals surface area contributed by atoms with Gasteiger partial charge in [-0.05, 0) is 48.0 Å². The molecule has 0 radical (unpaired) electrons. The summed E-state index contributed by atoms with van der Waals surface area (Å²) in [6.45, 7) is 0.362. The Morgan fingerprint density at radius 1 is 1.14 bits per heavy atom. The molecule has 0 aromatic heterocycles. The highest BCUT2D eigenvalue weighted by Gasteiger charge is 2.27. The number of carbonyl (C=O) groups excluding carboxylic acids is 3. The maximum Gasteiger partial charge on any atom is 0.328 e. The fourth-order valence-corrected chi connectivity index (χ4v) is 3.10. The van der Waals surface area contributed by atoms with Gasteiger partial charge in [-0.25, -0.2) is 4.79 Å². The van der Waals surface area contributed by atoms with E-state index in [1.165, 1.54) is 6.08 Å². The molecule has 1 atom stereocenters. The fourth-order valence-electron chi connectivity index (χ4n) is 2.68. The summed E-state index contributed by atoms with van der Waals surface area (Å²) in [4.78, 5) is 35.5. The van der Waals surface area contributed by atoms with Gasteiger partial charge in [0.15, 0.2) is 5.78 Å². The third-order valence-corrected chi connectivity index (χ3v) is 4.93. The van der Waals surface area contributed by atoms with Crippen LogP contribution in [0.4, 0.5) is 5.69 Å². The van der Waals surface area contributed by atoms with Crippen molar-refractivity contribution in [3.8, 4) is 0 Å². The summed E-state index contributed by atoms with van der Waals surface area (Å²) in [7, 11) is 0. The SMILES string of the molecule is O=C(CNc1ccc(C(=O)/C=C/c2ccccc2Br)cc1)N[C@H]1CCOC1=O. The molecule has 1 saturated heterocycles. The van der Waals surface area contributed by atoms with E-state index in [-0.39, 0.29) is 18.2 Å².